The van der Waals surface area contributed by atoms with Crippen LogP contribution in [0.3, 0.4) is 0 Å². The fourth-order valence-corrected chi connectivity index (χ4v) is 2.55. The molecule has 1 heterocycles. The summed E-state index contributed by atoms with van der Waals surface area (Å²) < 4.78 is 0. The van der Waals surface area contributed by atoms with Gasteiger partial charge in [-0.2, -0.15) is 0 Å². The number of hydrogen-bond donors (Lipinski definition) is 1. The first-order chi connectivity index (χ1) is 9.65. The molecule has 20 heavy (non-hydrogen) atoms. The summed E-state index contributed by atoms with van der Waals surface area (Å²) in [5.74, 6) is 0. The lowest BCUT2D eigenvalue weighted by Gasteiger charge is -2.03. The molecule has 100 valence electrons. The normalized spacial score (nSPS) is 10.8. The summed E-state index contributed by atoms with van der Waals surface area (Å²) >= 11 is 5.95. The predicted molar refractivity (Wildman–Crippen MR) is 79.2 cm³/mol. The Kier molecular flexibility index (Phi) is 3.16. The van der Waals surface area contributed by atoms with E-state index in [1.807, 2.05) is 30.5 Å². The van der Waals surface area contributed by atoms with E-state index in [4.69, 9.17) is 11.6 Å². The Morgan fingerprint density at radius 1 is 1.15 bits per heavy atom. The van der Waals surface area contributed by atoms with Crippen molar-refractivity contribution in [2.24, 2.45) is 0 Å². The monoisotopic (exact) mass is 286 g/mol. The summed E-state index contributed by atoms with van der Waals surface area (Å²) in [6, 6.07) is 12.5. The zero-order valence-corrected chi connectivity index (χ0v) is 11.2. The minimum Gasteiger partial charge on any atom is -0.361 e. The molecule has 0 aliphatic carbocycles. The van der Waals surface area contributed by atoms with Crippen LogP contribution in [-0.4, -0.2) is 9.91 Å². The fraction of sp³-hybridized carbons (Fsp3) is 0.0667. The van der Waals surface area contributed by atoms with Crippen LogP contribution in [-0.2, 0) is 6.42 Å². The summed E-state index contributed by atoms with van der Waals surface area (Å²) in [5.41, 5.74) is 2.75. The number of nitro benzene ring substituents is 1. The highest BCUT2D eigenvalue weighted by Gasteiger charge is 2.15. The Labute approximate surface area is 120 Å². The second-order valence-corrected chi connectivity index (χ2v) is 5.00. The third-order valence-electron chi connectivity index (χ3n) is 3.29. The summed E-state index contributed by atoms with van der Waals surface area (Å²) in [6.45, 7) is 0. The van der Waals surface area contributed by atoms with Gasteiger partial charge in [0.2, 0.25) is 0 Å². The lowest BCUT2D eigenvalue weighted by atomic mass is 10.0. The smallest absolute Gasteiger partial charge is 0.273 e. The number of hydrogen-bond acceptors (Lipinski definition) is 2. The lowest BCUT2D eigenvalue weighted by Crippen LogP contribution is -1.96. The van der Waals surface area contributed by atoms with Crippen LogP contribution in [0.1, 0.15) is 11.1 Å². The molecule has 0 radical (unpaired) electrons. The molecule has 5 heteroatoms. The average molecular weight is 287 g/mol. The van der Waals surface area contributed by atoms with Crippen LogP contribution in [0.2, 0.25) is 5.02 Å². The van der Waals surface area contributed by atoms with E-state index in [0.717, 1.165) is 16.5 Å². The molecular formula is C15H11ClN2O2. The summed E-state index contributed by atoms with van der Waals surface area (Å²) in [5, 5.41) is 12.7. The van der Waals surface area contributed by atoms with Gasteiger partial charge in [-0.15, -0.1) is 0 Å². The van der Waals surface area contributed by atoms with Crippen molar-refractivity contribution in [3.8, 4) is 0 Å². The summed E-state index contributed by atoms with van der Waals surface area (Å²) in [6.07, 6.45) is 2.36. The lowest BCUT2D eigenvalue weighted by molar-refractivity contribution is -0.385. The molecule has 0 saturated carbocycles. The molecule has 3 aromatic rings. The van der Waals surface area contributed by atoms with Gasteiger partial charge < -0.3 is 4.98 Å². The first-order valence-electron chi connectivity index (χ1n) is 6.13. The van der Waals surface area contributed by atoms with E-state index in [1.165, 1.54) is 6.07 Å². The van der Waals surface area contributed by atoms with Crippen molar-refractivity contribution in [2.45, 2.75) is 6.42 Å². The van der Waals surface area contributed by atoms with Gasteiger partial charge in [-0.25, -0.2) is 0 Å². The number of aromatic nitrogens is 1. The van der Waals surface area contributed by atoms with Crippen LogP contribution in [0.15, 0.2) is 48.7 Å². The van der Waals surface area contributed by atoms with E-state index in [1.54, 1.807) is 12.1 Å². The minimum absolute atomic E-state index is 0.0969. The highest BCUT2D eigenvalue weighted by Crippen LogP contribution is 2.28. The Balaban J connectivity index is 2.07. The molecule has 0 amide bonds. The fourth-order valence-electron chi connectivity index (χ4n) is 2.36. The molecule has 0 fully saturated rings. The van der Waals surface area contributed by atoms with Gasteiger partial charge in [-0.1, -0.05) is 29.8 Å². The molecule has 1 aromatic heterocycles. The number of nitrogens with one attached hydrogen (secondary N) is 1. The van der Waals surface area contributed by atoms with Crippen LogP contribution in [0, 0.1) is 10.1 Å². The first kappa shape index (κ1) is 12.7. The second-order valence-electron chi connectivity index (χ2n) is 4.57. The van der Waals surface area contributed by atoms with Crippen LogP contribution in [0.25, 0.3) is 10.9 Å². The summed E-state index contributed by atoms with van der Waals surface area (Å²) in [7, 11) is 0. The van der Waals surface area contributed by atoms with Crippen molar-refractivity contribution in [1.29, 1.82) is 0 Å². The van der Waals surface area contributed by atoms with Crippen molar-refractivity contribution in [1.82, 2.24) is 4.98 Å². The van der Waals surface area contributed by atoms with Gasteiger partial charge in [0.15, 0.2) is 0 Å². The van der Waals surface area contributed by atoms with Gasteiger partial charge in [0.25, 0.3) is 5.69 Å². The van der Waals surface area contributed by atoms with Crippen LogP contribution in [0.5, 0.6) is 0 Å². The van der Waals surface area contributed by atoms with Gasteiger partial charge in [-0.05, 0) is 23.8 Å². The van der Waals surface area contributed by atoms with Crippen LogP contribution >= 0.6 is 11.6 Å². The molecule has 0 atom stereocenters. The van der Waals surface area contributed by atoms with E-state index >= 15 is 0 Å². The maximum absolute atomic E-state index is 11.1. The Hall–Kier alpha value is -2.33. The highest BCUT2D eigenvalue weighted by atomic mass is 35.5. The summed E-state index contributed by atoms with van der Waals surface area (Å²) in [4.78, 5) is 13.9. The largest absolute Gasteiger partial charge is 0.361 e. The van der Waals surface area contributed by atoms with Crippen molar-refractivity contribution >= 4 is 28.2 Å². The highest BCUT2D eigenvalue weighted by molar-refractivity contribution is 6.30. The van der Waals surface area contributed by atoms with Crippen molar-refractivity contribution < 1.29 is 4.92 Å². The Morgan fingerprint density at radius 2 is 1.95 bits per heavy atom. The predicted octanol–water partition coefficient (Wildman–Crippen LogP) is 4.32. The molecular weight excluding hydrogens is 276 g/mol. The number of benzene rings is 2. The number of fused-ring (bicyclic) bond motifs is 1. The van der Waals surface area contributed by atoms with Gasteiger partial charge in [-0.3, -0.25) is 10.1 Å². The molecule has 0 aliphatic heterocycles. The van der Waals surface area contributed by atoms with Gasteiger partial charge in [0.05, 0.1) is 4.92 Å². The SMILES string of the molecule is O=[N+]([O-])c1ccc(Cl)cc1Cc1c[nH]c2ccccc12. The van der Waals surface area contributed by atoms with Crippen LogP contribution in [0.4, 0.5) is 5.69 Å². The number of nitro groups is 1. The maximum atomic E-state index is 11.1. The van der Waals surface area contributed by atoms with E-state index in [2.05, 4.69) is 4.98 Å². The van der Waals surface area contributed by atoms with Crippen molar-refractivity contribution in [3.63, 3.8) is 0 Å². The second kappa shape index (κ2) is 4.98. The quantitative estimate of drug-likeness (QED) is 0.576. The molecule has 0 spiro atoms. The third-order valence-corrected chi connectivity index (χ3v) is 3.53. The number of nitrogens with zero attached hydrogens (tertiary/aromatic N) is 1. The molecule has 0 bridgehead atoms. The molecule has 0 saturated heterocycles. The van der Waals surface area contributed by atoms with E-state index in [-0.39, 0.29) is 10.6 Å². The number of para-hydroxylation sites is 1. The molecule has 3 rings (SSSR count). The maximum Gasteiger partial charge on any atom is 0.273 e. The number of halogens is 1. The molecule has 2 aromatic carbocycles. The average Bonchev–Trinajstić information content (AvgIpc) is 2.82. The zero-order chi connectivity index (χ0) is 14.1. The zero-order valence-electron chi connectivity index (χ0n) is 10.5. The molecule has 4 nitrogen and oxygen atoms in total. The third kappa shape index (κ3) is 2.26. The topological polar surface area (TPSA) is 58.9 Å². The van der Waals surface area contributed by atoms with Gasteiger partial charge in [0.1, 0.15) is 0 Å². The Bertz CT molecular complexity index is 795. The standard InChI is InChI=1S/C15H11ClN2O2/c16-12-5-6-15(18(19)20)10(8-12)7-11-9-17-14-4-2-1-3-13(11)14/h1-6,8-9,17H,7H2. The van der Waals surface area contributed by atoms with Gasteiger partial charge in [0, 0.05) is 40.2 Å². The minimum atomic E-state index is -0.374. The van der Waals surface area contributed by atoms with Crippen molar-refractivity contribution in [3.05, 3.63) is 74.9 Å². The first-order valence-corrected chi connectivity index (χ1v) is 6.51. The van der Waals surface area contributed by atoms with E-state index in [9.17, 15) is 10.1 Å². The Morgan fingerprint density at radius 3 is 2.75 bits per heavy atom. The van der Waals surface area contributed by atoms with E-state index in [0.29, 0.717) is 17.0 Å². The van der Waals surface area contributed by atoms with Crippen LogP contribution < -0.4 is 0 Å². The number of rotatable bonds is 3. The molecule has 0 aliphatic rings. The molecule has 1 N–H and O–H groups in total. The number of H-pyrrole nitrogens is 1. The van der Waals surface area contributed by atoms with E-state index < -0.39 is 0 Å². The number of aromatic amines is 1. The van der Waals surface area contributed by atoms with Crippen molar-refractivity contribution in [2.75, 3.05) is 0 Å². The van der Waals surface area contributed by atoms with Gasteiger partial charge >= 0.3 is 0 Å². The molecule has 0 unspecified atom stereocenters.